The molecule has 0 saturated carbocycles. The summed E-state index contributed by atoms with van der Waals surface area (Å²) in [6.07, 6.45) is 0. The molecule has 0 bridgehead atoms. The Labute approximate surface area is 190 Å². The maximum atomic E-state index is 13.0. The Hall–Kier alpha value is -4.63. The Bertz CT molecular complexity index is 1510. The highest BCUT2D eigenvalue weighted by Gasteiger charge is 2.13. The molecule has 0 atom stereocenters. The molecule has 6 nitrogen and oxygen atoms in total. The summed E-state index contributed by atoms with van der Waals surface area (Å²) in [6.45, 7) is 0. The largest absolute Gasteiger partial charge is 0.465 e. The minimum atomic E-state index is -0.424. The zero-order chi connectivity index (χ0) is 23.4. The van der Waals surface area contributed by atoms with Crippen molar-refractivity contribution in [3.8, 4) is 11.8 Å². The number of carbonyl (C=O) groups is 2. The van der Waals surface area contributed by atoms with Crippen LogP contribution in [0.2, 0.25) is 0 Å². The van der Waals surface area contributed by atoms with Crippen molar-refractivity contribution in [2.75, 3.05) is 12.4 Å². The molecule has 0 radical (unpaired) electrons. The topological polar surface area (TPSA) is 77.4 Å². The Morgan fingerprint density at radius 1 is 0.879 bits per heavy atom. The van der Waals surface area contributed by atoms with E-state index >= 15 is 0 Å². The van der Waals surface area contributed by atoms with Crippen LogP contribution in [0.4, 0.5) is 5.69 Å². The lowest BCUT2D eigenvalue weighted by Gasteiger charge is -2.10. The number of pyridine rings is 1. The molecule has 1 N–H and O–H groups in total. The fraction of sp³-hybridized carbons (Fsp3) is 0.0741. The van der Waals surface area contributed by atoms with Gasteiger partial charge in [-0.15, -0.1) is 0 Å². The number of aromatic nitrogens is 1. The van der Waals surface area contributed by atoms with Crippen LogP contribution < -0.4 is 10.9 Å². The van der Waals surface area contributed by atoms with Gasteiger partial charge in [0.1, 0.15) is 0 Å². The van der Waals surface area contributed by atoms with Gasteiger partial charge in [-0.1, -0.05) is 42.2 Å². The Morgan fingerprint density at radius 3 is 2.33 bits per heavy atom. The number of rotatable bonds is 3. The highest BCUT2D eigenvalue weighted by molar-refractivity contribution is 6.12. The lowest BCUT2D eigenvalue weighted by Crippen LogP contribution is -2.21. The van der Waals surface area contributed by atoms with Crippen LogP contribution in [0.5, 0.6) is 0 Å². The smallest absolute Gasteiger partial charge is 0.337 e. The molecule has 33 heavy (non-hydrogen) atoms. The highest BCUT2D eigenvalue weighted by Crippen LogP contribution is 2.18. The second-order valence-corrected chi connectivity index (χ2v) is 7.33. The van der Waals surface area contributed by atoms with Gasteiger partial charge in [0.2, 0.25) is 0 Å². The molecule has 0 unspecified atom stereocenters. The number of aryl methyl sites for hydroxylation is 1. The molecule has 0 fully saturated rings. The van der Waals surface area contributed by atoms with E-state index in [1.54, 1.807) is 55.6 Å². The first-order valence-corrected chi connectivity index (χ1v) is 10.2. The van der Waals surface area contributed by atoms with Gasteiger partial charge in [-0.2, -0.15) is 0 Å². The predicted molar refractivity (Wildman–Crippen MR) is 127 cm³/mol. The van der Waals surface area contributed by atoms with Crippen LogP contribution >= 0.6 is 0 Å². The number of nitrogens with zero attached hydrogens (tertiary/aromatic N) is 1. The molecule has 3 aromatic carbocycles. The number of hydrogen-bond acceptors (Lipinski definition) is 4. The summed E-state index contributed by atoms with van der Waals surface area (Å²) >= 11 is 0. The molecule has 1 heterocycles. The summed E-state index contributed by atoms with van der Waals surface area (Å²) < 4.78 is 6.25. The van der Waals surface area contributed by atoms with Gasteiger partial charge in [0.25, 0.3) is 11.5 Å². The van der Waals surface area contributed by atoms with Crippen molar-refractivity contribution in [3.63, 3.8) is 0 Å². The van der Waals surface area contributed by atoms with Crippen LogP contribution in [-0.2, 0) is 11.8 Å². The fourth-order valence-corrected chi connectivity index (χ4v) is 3.46. The number of methoxy groups -OCH3 is 1. The molecule has 0 aliphatic heterocycles. The first-order chi connectivity index (χ1) is 16.0. The summed E-state index contributed by atoms with van der Waals surface area (Å²) in [5.74, 6) is 5.25. The van der Waals surface area contributed by atoms with E-state index in [0.29, 0.717) is 38.8 Å². The van der Waals surface area contributed by atoms with Gasteiger partial charge in [-0.25, -0.2) is 4.79 Å². The number of para-hydroxylation sites is 1. The van der Waals surface area contributed by atoms with Crippen molar-refractivity contribution in [1.82, 2.24) is 4.57 Å². The van der Waals surface area contributed by atoms with Gasteiger partial charge in [-0.3, -0.25) is 9.59 Å². The number of carbonyl (C=O) groups excluding carboxylic acids is 2. The maximum Gasteiger partial charge on any atom is 0.337 e. The second kappa shape index (κ2) is 9.25. The average molecular weight is 436 g/mol. The standard InChI is InChI=1S/C27H20N2O4/c1-29-24-12-4-3-11-22(24)23(17-25(29)30)26(31)28-21-10-6-8-19(16-21)14-13-18-7-5-9-20(15-18)27(32)33-2/h3-12,15-17H,1-2H3,(H,28,31). The van der Waals surface area contributed by atoms with Gasteiger partial charge < -0.3 is 14.6 Å². The summed E-state index contributed by atoms with van der Waals surface area (Å²) in [7, 11) is 3.01. The minimum absolute atomic E-state index is 0.257. The number of ether oxygens (including phenoxy) is 1. The van der Waals surface area contributed by atoms with Crippen molar-refractivity contribution in [2.24, 2.45) is 7.05 Å². The Kier molecular flexibility index (Phi) is 6.05. The number of benzene rings is 3. The summed E-state index contributed by atoms with van der Waals surface area (Å²) in [5, 5.41) is 3.54. The second-order valence-electron chi connectivity index (χ2n) is 7.33. The molecule has 0 saturated heterocycles. The molecule has 0 spiro atoms. The van der Waals surface area contributed by atoms with Gasteiger partial charge in [0.05, 0.1) is 23.8 Å². The fourth-order valence-electron chi connectivity index (χ4n) is 3.46. The van der Waals surface area contributed by atoms with Crippen molar-refractivity contribution in [2.45, 2.75) is 0 Å². The average Bonchev–Trinajstić information content (AvgIpc) is 2.85. The van der Waals surface area contributed by atoms with Crippen molar-refractivity contribution in [3.05, 3.63) is 111 Å². The number of nitrogens with one attached hydrogen (secondary N) is 1. The van der Waals surface area contributed by atoms with Gasteiger partial charge in [-0.05, 0) is 42.5 Å². The van der Waals surface area contributed by atoms with E-state index in [-0.39, 0.29) is 11.5 Å². The quantitative estimate of drug-likeness (QED) is 0.389. The lowest BCUT2D eigenvalue weighted by molar-refractivity contribution is 0.0600. The Balaban J connectivity index is 1.59. The van der Waals surface area contributed by atoms with E-state index in [1.807, 2.05) is 24.3 Å². The van der Waals surface area contributed by atoms with Crippen molar-refractivity contribution < 1.29 is 14.3 Å². The van der Waals surface area contributed by atoms with Crippen molar-refractivity contribution >= 4 is 28.5 Å². The third-order valence-electron chi connectivity index (χ3n) is 5.15. The Morgan fingerprint density at radius 2 is 1.58 bits per heavy atom. The molecule has 4 aromatic rings. The summed E-state index contributed by atoms with van der Waals surface area (Å²) in [4.78, 5) is 37.0. The van der Waals surface area contributed by atoms with E-state index in [2.05, 4.69) is 17.2 Å². The number of fused-ring (bicyclic) bond motifs is 1. The number of anilines is 1. The van der Waals surface area contributed by atoms with Crippen LogP contribution in [-0.4, -0.2) is 23.6 Å². The normalized spacial score (nSPS) is 10.2. The lowest BCUT2D eigenvalue weighted by atomic mass is 10.1. The third-order valence-corrected chi connectivity index (χ3v) is 5.15. The van der Waals surface area contributed by atoms with Gasteiger partial charge in [0, 0.05) is 35.3 Å². The molecule has 0 aliphatic carbocycles. The van der Waals surface area contributed by atoms with Crippen LogP contribution in [0.3, 0.4) is 0 Å². The highest BCUT2D eigenvalue weighted by atomic mass is 16.5. The minimum Gasteiger partial charge on any atom is -0.465 e. The molecular weight excluding hydrogens is 416 g/mol. The van der Waals surface area contributed by atoms with E-state index in [4.69, 9.17) is 4.74 Å². The molecule has 162 valence electrons. The van der Waals surface area contributed by atoms with Crippen LogP contribution in [0.25, 0.3) is 10.9 Å². The number of amides is 1. The zero-order valence-corrected chi connectivity index (χ0v) is 18.1. The van der Waals surface area contributed by atoms with Crippen LogP contribution in [0, 0.1) is 11.8 Å². The molecule has 0 aliphatic rings. The predicted octanol–water partition coefficient (Wildman–Crippen LogP) is 3.98. The SMILES string of the molecule is COC(=O)c1cccc(C#Cc2cccc(NC(=O)c3cc(=O)n(C)c4ccccc34)c2)c1. The van der Waals surface area contributed by atoms with Crippen LogP contribution in [0.15, 0.2) is 83.7 Å². The molecule has 1 amide bonds. The monoisotopic (exact) mass is 436 g/mol. The molecule has 4 rings (SSSR count). The first-order valence-electron chi connectivity index (χ1n) is 10.2. The van der Waals surface area contributed by atoms with E-state index in [1.165, 1.54) is 17.7 Å². The molecular formula is C27H20N2O4. The summed E-state index contributed by atoms with van der Waals surface area (Å²) in [6, 6.07) is 22.6. The first kappa shape index (κ1) is 21.6. The van der Waals surface area contributed by atoms with Gasteiger partial charge >= 0.3 is 5.97 Å². The molecule has 1 aromatic heterocycles. The third kappa shape index (κ3) is 4.68. The van der Waals surface area contributed by atoms with Crippen LogP contribution in [0.1, 0.15) is 31.8 Å². The van der Waals surface area contributed by atoms with Gasteiger partial charge in [0.15, 0.2) is 0 Å². The summed E-state index contributed by atoms with van der Waals surface area (Å²) in [5.41, 5.74) is 3.07. The van der Waals surface area contributed by atoms with Crippen molar-refractivity contribution in [1.29, 1.82) is 0 Å². The zero-order valence-electron chi connectivity index (χ0n) is 18.1. The van der Waals surface area contributed by atoms with E-state index in [9.17, 15) is 14.4 Å². The molecule has 6 heteroatoms. The van der Waals surface area contributed by atoms with E-state index in [0.717, 1.165) is 0 Å². The maximum absolute atomic E-state index is 13.0. The number of esters is 1. The van der Waals surface area contributed by atoms with E-state index < -0.39 is 5.97 Å². The number of hydrogen-bond donors (Lipinski definition) is 1.